The van der Waals surface area contributed by atoms with Crippen LogP contribution in [0.15, 0.2) is 10.6 Å². The van der Waals surface area contributed by atoms with E-state index in [0.29, 0.717) is 19.5 Å². The van der Waals surface area contributed by atoms with Crippen LogP contribution in [0.3, 0.4) is 0 Å². The predicted molar refractivity (Wildman–Crippen MR) is 56.7 cm³/mol. The number of carboxylic acid groups (broad SMARTS) is 1. The maximum absolute atomic E-state index is 11.8. The van der Waals surface area contributed by atoms with E-state index >= 15 is 0 Å². The number of amides is 1. The van der Waals surface area contributed by atoms with Crippen LogP contribution in [0.5, 0.6) is 0 Å². The summed E-state index contributed by atoms with van der Waals surface area (Å²) in [7, 11) is 0. The molecule has 1 heterocycles. The SMILES string of the molecule is CCN(CCCO)C(=O)c1cc(C(=O)O)on1. The van der Waals surface area contributed by atoms with Crippen molar-refractivity contribution in [2.45, 2.75) is 13.3 Å². The Balaban J connectivity index is 2.75. The third-order valence-corrected chi connectivity index (χ3v) is 2.20. The van der Waals surface area contributed by atoms with Gasteiger partial charge in [-0.2, -0.15) is 0 Å². The summed E-state index contributed by atoms with van der Waals surface area (Å²) in [4.78, 5) is 23.9. The molecule has 0 unspecified atom stereocenters. The monoisotopic (exact) mass is 242 g/mol. The van der Waals surface area contributed by atoms with Gasteiger partial charge in [-0.25, -0.2) is 4.79 Å². The van der Waals surface area contributed by atoms with Crippen molar-refractivity contribution in [2.75, 3.05) is 19.7 Å². The fraction of sp³-hybridized carbons (Fsp3) is 0.500. The van der Waals surface area contributed by atoms with Gasteiger partial charge in [0.25, 0.3) is 5.91 Å². The molecule has 0 radical (unpaired) electrons. The standard InChI is InChI=1S/C10H14N2O5/c1-2-12(4-3-5-13)9(14)7-6-8(10(15)16)17-11-7/h6,13H,2-5H2,1H3,(H,15,16). The molecule has 94 valence electrons. The van der Waals surface area contributed by atoms with E-state index < -0.39 is 11.9 Å². The molecule has 17 heavy (non-hydrogen) atoms. The van der Waals surface area contributed by atoms with E-state index in [-0.39, 0.29) is 18.1 Å². The molecule has 0 atom stereocenters. The minimum atomic E-state index is -1.27. The van der Waals surface area contributed by atoms with Crippen molar-refractivity contribution in [3.05, 3.63) is 17.5 Å². The second-order valence-electron chi connectivity index (χ2n) is 3.34. The average molecular weight is 242 g/mol. The van der Waals surface area contributed by atoms with Crippen LogP contribution in [0.25, 0.3) is 0 Å². The van der Waals surface area contributed by atoms with Crippen molar-refractivity contribution in [3.63, 3.8) is 0 Å². The zero-order valence-corrected chi connectivity index (χ0v) is 9.42. The van der Waals surface area contributed by atoms with E-state index in [9.17, 15) is 9.59 Å². The first-order chi connectivity index (χ1) is 8.10. The van der Waals surface area contributed by atoms with Gasteiger partial charge in [0.2, 0.25) is 5.76 Å². The van der Waals surface area contributed by atoms with Gasteiger partial charge in [0, 0.05) is 25.8 Å². The fourth-order valence-corrected chi connectivity index (χ4v) is 1.30. The average Bonchev–Trinajstić information content (AvgIpc) is 2.79. The minimum absolute atomic E-state index is 0.0109. The highest BCUT2D eigenvalue weighted by Crippen LogP contribution is 2.07. The summed E-state index contributed by atoms with van der Waals surface area (Å²) in [6, 6.07) is 1.09. The Morgan fingerprint density at radius 2 is 2.24 bits per heavy atom. The number of nitrogens with zero attached hydrogens (tertiary/aromatic N) is 2. The van der Waals surface area contributed by atoms with E-state index in [0.717, 1.165) is 6.07 Å². The predicted octanol–water partition coefficient (Wildman–Crippen LogP) is 0.217. The molecular weight excluding hydrogens is 228 g/mol. The highest BCUT2D eigenvalue weighted by Gasteiger charge is 2.20. The van der Waals surface area contributed by atoms with Gasteiger partial charge in [0.15, 0.2) is 5.69 Å². The number of aliphatic hydroxyl groups is 1. The van der Waals surface area contributed by atoms with Gasteiger partial charge in [-0.3, -0.25) is 4.79 Å². The van der Waals surface area contributed by atoms with Crippen LogP contribution in [-0.4, -0.2) is 51.8 Å². The maximum Gasteiger partial charge on any atom is 0.374 e. The topological polar surface area (TPSA) is 104 Å². The lowest BCUT2D eigenvalue weighted by molar-refractivity contribution is 0.0648. The normalized spacial score (nSPS) is 10.2. The van der Waals surface area contributed by atoms with Crippen LogP contribution < -0.4 is 0 Å². The first-order valence-corrected chi connectivity index (χ1v) is 5.20. The molecule has 0 fully saturated rings. The Morgan fingerprint density at radius 3 is 2.71 bits per heavy atom. The quantitative estimate of drug-likeness (QED) is 0.739. The van der Waals surface area contributed by atoms with Crippen molar-refractivity contribution in [1.82, 2.24) is 10.1 Å². The summed E-state index contributed by atoms with van der Waals surface area (Å²) >= 11 is 0. The van der Waals surface area contributed by atoms with Crippen LogP contribution in [0.1, 0.15) is 34.4 Å². The molecule has 1 amide bonds. The van der Waals surface area contributed by atoms with Crippen molar-refractivity contribution in [2.24, 2.45) is 0 Å². The smallest absolute Gasteiger partial charge is 0.374 e. The molecule has 0 saturated carbocycles. The molecule has 0 aliphatic heterocycles. The summed E-state index contributed by atoms with van der Waals surface area (Å²) in [6.07, 6.45) is 0.462. The fourth-order valence-electron chi connectivity index (χ4n) is 1.30. The number of carboxylic acids is 1. The maximum atomic E-state index is 11.8. The van der Waals surface area contributed by atoms with Crippen molar-refractivity contribution in [3.8, 4) is 0 Å². The van der Waals surface area contributed by atoms with Crippen molar-refractivity contribution >= 4 is 11.9 Å². The molecule has 0 aliphatic rings. The van der Waals surface area contributed by atoms with Crippen LogP contribution in [0.2, 0.25) is 0 Å². The highest BCUT2D eigenvalue weighted by molar-refractivity contribution is 5.94. The van der Waals surface area contributed by atoms with Crippen LogP contribution in [0, 0.1) is 0 Å². The lowest BCUT2D eigenvalue weighted by Gasteiger charge is -2.18. The zero-order valence-electron chi connectivity index (χ0n) is 9.42. The Hall–Kier alpha value is -1.89. The Morgan fingerprint density at radius 1 is 1.53 bits per heavy atom. The molecule has 7 heteroatoms. The second kappa shape index (κ2) is 6.00. The summed E-state index contributed by atoms with van der Waals surface area (Å²) < 4.78 is 4.50. The number of carbonyl (C=O) groups is 2. The van der Waals surface area contributed by atoms with Gasteiger partial charge in [0.1, 0.15) is 0 Å². The third kappa shape index (κ3) is 3.28. The van der Waals surface area contributed by atoms with Gasteiger partial charge < -0.3 is 19.6 Å². The molecule has 0 bridgehead atoms. The number of aromatic carboxylic acids is 1. The number of hydrogen-bond acceptors (Lipinski definition) is 5. The first kappa shape index (κ1) is 13.2. The van der Waals surface area contributed by atoms with Crippen molar-refractivity contribution in [1.29, 1.82) is 0 Å². The zero-order chi connectivity index (χ0) is 12.8. The Kier molecular flexibility index (Phi) is 4.65. The van der Waals surface area contributed by atoms with Gasteiger partial charge in [0.05, 0.1) is 0 Å². The molecule has 0 saturated heterocycles. The van der Waals surface area contributed by atoms with Gasteiger partial charge in [-0.05, 0) is 13.3 Å². The molecule has 0 aromatic carbocycles. The van der Waals surface area contributed by atoms with Crippen molar-refractivity contribution < 1.29 is 24.3 Å². The van der Waals surface area contributed by atoms with E-state index in [1.165, 1.54) is 4.90 Å². The van der Waals surface area contributed by atoms with Gasteiger partial charge >= 0.3 is 5.97 Å². The molecule has 1 aromatic rings. The lowest BCUT2D eigenvalue weighted by Crippen LogP contribution is -2.32. The van der Waals surface area contributed by atoms with Crippen LogP contribution in [0.4, 0.5) is 0 Å². The number of rotatable bonds is 6. The number of carbonyl (C=O) groups excluding carboxylic acids is 1. The van der Waals surface area contributed by atoms with E-state index in [1.54, 1.807) is 6.92 Å². The van der Waals surface area contributed by atoms with E-state index in [2.05, 4.69) is 9.68 Å². The lowest BCUT2D eigenvalue weighted by atomic mass is 10.3. The van der Waals surface area contributed by atoms with E-state index in [1.807, 2.05) is 0 Å². The molecule has 0 aliphatic carbocycles. The van der Waals surface area contributed by atoms with Gasteiger partial charge in [-0.1, -0.05) is 5.16 Å². The minimum Gasteiger partial charge on any atom is -0.475 e. The summed E-state index contributed by atoms with van der Waals surface area (Å²) in [6.45, 7) is 2.62. The number of aliphatic hydroxyl groups excluding tert-OH is 1. The molecule has 1 rings (SSSR count). The van der Waals surface area contributed by atoms with Crippen LogP contribution >= 0.6 is 0 Å². The molecule has 0 spiro atoms. The number of aromatic nitrogens is 1. The molecule has 2 N–H and O–H groups in total. The van der Waals surface area contributed by atoms with Crippen LogP contribution in [-0.2, 0) is 0 Å². The second-order valence-corrected chi connectivity index (χ2v) is 3.34. The molecular formula is C10H14N2O5. The number of hydrogen-bond donors (Lipinski definition) is 2. The molecule has 7 nitrogen and oxygen atoms in total. The largest absolute Gasteiger partial charge is 0.475 e. The molecule has 1 aromatic heterocycles. The summed E-state index contributed by atoms with van der Waals surface area (Å²) in [5.74, 6) is -2.04. The Bertz CT molecular complexity index is 401. The first-order valence-electron chi connectivity index (χ1n) is 5.20. The Labute approximate surface area is 97.6 Å². The van der Waals surface area contributed by atoms with Gasteiger partial charge in [-0.15, -0.1) is 0 Å². The van der Waals surface area contributed by atoms with E-state index in [4.69, 9.17) is 10.2 Å². The summed E-state index contributed by atoms with van der Waals surface area (Å²) in [5.41, 5.74) is -0.0396. The summed E-state index contributed by atoms with van der Waals surface area (Å²) in [5, 5.41) is 20.7. The highest BCUT2D eigenvalue weighted by atomic mass is 16.5. The third-order valence-electron chi connectivity index (χ3n) is 2.20.